The van der Waals surface area contributed by atoms with E-state index in [1.807, 2.05) is 48.5 Å². The first-order valence-corrected chi connectivity index (χ1v) is 18.0. The number of nitrogens with two attached hydrogens (primary N) is 2. The van der Waals surface area contributed by atoms with Gasteiger partial charge in [0.15, 0.2) is 0 Å². The van der Waals surface area contributed by atoms with Gasteiger partial charge < -0.3 is 20.9 Å². The summed E-state index contributed by atoms with van der Waals surface area (Å²) in [5, 5.41) is 0. The molecule has 0 aromatic heterocycles. The van der Waals surface area contributed by atoms with E-state index in [9.17, 15) is 0 Å². The zero-order valence-corrected chi connectivity index (χ0v) is 29.2. The van der Waals surface area contributed by atoms with Crippen LogP contribution in [0.3, 0.4) is 0 Å². The van der Waals surface area contributed by atoms with Gasteiger partial charge in [-0.25, -0.2) is 0 Å². The van der Waals surface area contributed by atoms with Gasteiger partial charge in [-0.05, 0) is 142 Å². The second-order valence-electron chi connectivity index (χ2n) is 14.7. The molecule has 4 N–H and O–H groups in total. The van der Waals surface area contributed by atoms with Crippen LogP contribution in [-0.2, 0) is 5.41 Å². The number of nitrogen functional groups attached to an aromatic ring is 2. The summed E-state index contributed by atoms with van der Waals surface area (Å²) >= 11 is 0. The minimum atomic E-state index is -0.0631. The Hall–Kier alpha value is -3.92. The Labute approximate surface area is 282 Å². The molecule has 0 saturated heterocycles. The summed E-state index contributed by atoms with van der Waals surface area (Å²) in [4.78, 5) is 0. The van der Waals surface area contributed by atoms with E-state index in [0.717, 1.165) is 75.8 Å². The van der Waals surface area contributed by atoms with E-state index in [1.165, 1.54) is 62.5 Å². The minimum absolute atomic E-state index is 0.0631. The molecule has 248 valence electrons. The molecule has 0 spiro atoms. The molecule has 0 heterocycles. The van der Waals surface area contributed by atoms with Crippen LogP contribution in [0, 0.1) is 45.4 Å². The highest BCUT2D eigenvalue weighted by molar-refractivity contribution is 5.55. The van der Waals surface area contributed by atoms with Crippen LogP contribution < -0.4 is 20.9 Å². The molecule has 4 nitrogen and oxygen atoms in total. The fourth-order valence-corrected chi connectivity index (χ4v) is 8.87. The first-order chi connectivity index (χ1) is 22.6. The van der Waals surface area contributed by atoms with Crippen molar-refractivity contribution in [2.24, 2.45) is 17.8 Å². The topological polar surface area (TPSA) is 70.5 Å². The van der Waals surface area contributed by atoms with Crippen molar-refractivity contribution in [2.45, 2.75) is 104 Å². The van der Waals surface area contributed by atoms with Crippen LogP contribution in [0.25, 0.3) is 0 Å². The lowest BCUT2D eigenvalue weighted by molar-refractivity contribution is 0.140. The molecule has 4 aromatic carbocycles. The van der Waals surface area contributed by atoms with Crippen molar-refractivity contribution in [2.75, 3.05) is 11.5 Å². The van der Waals surface area contributed by atoms with Gasteiger partial charge in [-0.2, -0.15) is 0 Å². The number of hydrogen-bond acceptors (Lipinski definition) is 4. The average molecular weight is 631 g/mol. The van der Waals surface area contributed by atoms with Crippen molar-refractivity contribution in [1.82, 2.24) is 0 Å². The van der Waals surface area contributed by atoms with E-state index in [-0.39, 0.29) is 5.41 Å². The van der Waals surface area contributed by atoms with Gasteiger partial charge in [0.1, 0.15) is 23.0 Å². The van der Waals surface area contributed by atoms with Crippen LogP contribution in [-0.4, -0.2) is 0 Å². The Morgan fingerprint density at radius 3 is 1.43 bits per heavy atom. The average Bonchev–Trinajstić information content (AvgIpc) is 3.05. The standard InChI is InChI=1S/C43H54N2O2/c1-6-9-32-14-16-33(17-15-32)34-18-20-43(21-19-34,35-22-28(2)41(29(3)23-35)46-39-12-7-10-37(44)26-39)36-24-30(4)42(31(5)25-36)47-40-13-8-11-38(45)27-40/h7-8,10-13,22-27,32-34H,6,9,14-21,44-45H2,1-5H3. The molecule has 0 aliphatic heterocycles. The van der Waals surface area contributed by atoms with Gasteiger partial charge in [0.2, 0.25) is 0 Å². The van der Waals surface area contributed by atoms with Gasteiger partial charge in [0, 0.05) is 28.9 Å². The Morgan fingerprint density at radius 1 is 0.596 bits per heavy atom. The summed E-state index contributed by atoms with van der Waals surface area (Å²) in [6.07, 6.45) is 13.3. The van der Waals surface area contributed by atoms with E-state index < -0.39 is 0 Å². The predicted molar refractivity (Wildman–Crippen MR) is 197 cm³/mol. The fourth-order valence-electron chi connectivity index (χ4n) is 8.87. The van der Waals surface area contributed by atoms with E-state index in [4.69, 9.17) is 20.9 Å². The van der Waals surface area contributed by atoms with Crippen LogP contribution >= 0.6 is 0 Å². The van der Waals surface area contributed by atoms with Gasteiger partial charge >= 0.3 is 0 Å². The van der Waals surface area contributed by atoms with E-state index in [2.05, 4.69) is 58.9 Å². The summed E-state index contributed by atoms with van der Waals surface area (Å²) in [6, 6.07) is 25.0. The normalized spacial score (nSPS) is 19.8. The lowest BCUT2D eigenvalue weighted by Crippen LogP contribution is -2.36. The van der Waals surface area contributed by atoms with Crippen LogP contribution in [0.1, 0.15) is 105 Å². The Morgan fingerprint density at radius 2 is 1.02 bits per heavy atom. The highest BCUT2D eigenvalue weighted by Gasteiger charge is 2.42. The summed E-state index contributed by atoms with van der Waals surface area (Å²) in [5.74, 6) is 6.06. The van der Waals surface area contributed by atoms with E-state index in [0.29, 0.717) is 11.4 Å². The van der Waals surface area contributed by atoms with Crippen LogP contribution in [0.4, 0.5) is 11.4 Å². The minimum Gasteiger partial charge on any atom is -0.457 e. The number of aryl methyl sites for hydroxylation is 4. The molecule has 0 unspecified atom stereocenters. The molecule has 6 rings (SSSR count). The smallest absolute Gasteiger partial charge is 0.133 e. The first kappa shape index (κ1) is 33.0. The molecule has 0 radical (unpaired) electrons. The van der Waals surface area contributed by atoms with Gasteiger partial charge in [0.25, 0.3) is 0 Å². The lowest BCUT2D eigenvalue weighted by atomic mass is 9.59. The number of anilines is 2. The van der Waals surface area contributed by atoms with Crippen LogP contribution in [0.5, 0.6) is 23.0 Å². The molecule has 2 aliphatic rings. The van der Waals surface area contributed by atoms with Crippen molar-refractivity contribution < 1.29 is 9.47 Å². The third kappa shape index (κ3) is 7.17. The Bertz CT molecular complexity index is 1540. The van der Waals surface area contributed by atoms with Gasteiger partial charge in [-0.3, -0.25) is 0 Å². The maximum absolute atomic E-state index is 6.44. The Balaban J connectivity index is 1.34. The van der Waals surface area contributed by atoms with Gasteiger partial charge in [-0.15, -0.1) is 0 Å². The SMILES string of the molecule is CCCC1CCC(C2CCC(c3cc(C)c(Oc4cccc(N)c4)c(C)c3)(c3cc(C)c(Oc4cccc(N)c4)c(C)c3)CC2)CC1. The van der Waals surface area contributed by atoms with Crippen molar-refractivity contribution >= 4 is 11.4 Å². The van der Waals surface area contributed by atoms with Crippen LogP contribution in [0.15, 0.2) is 72.8 Å². The highest BCUT2D eigenvalue weighted by Crippen LogP contribution is 2.52. The van der Waals surface area contributed by atoms with Crippen molar-refractivity contribution in [3.8, 4) is 23.0 Å². The maximum atomic E-state index is 6.44. The predicted octanol–water partition coefficient (Wildman–Crippen LogP) is 11.8. The zero-order valence-electron chi connectivity index (χ0n) is 29.2. The molecule has 2 aliphatic carbocycles. The number of ether oxygens (including phenoxy) is 2. The molecule has 4 heteroatoms. The summed E-state index contributed by atoms with van der Waals surface area (Å²) in [6.45, 7) is 11.1. The van der Waals surface area contributed by atoms with Gasteiger partial charge in [-0.1, -0.05) is 69.0 Å². The molecule has 0 bridgehead atoms. The second kappa shape index (κ2) is 14.1. The number of benzene rings is 4. The maximum Gasteiger partial charge on any atom is 0.133 e. The molecule has 2 saturated carbocycles. The zero-order chi connectivity index (χ0) is 33.1. The van der Waals surface area contributed by atoms with Gasteiger partial charge in [0.05, 0.1) is 0 Å². The number of hydrogen-bond donors (Lipinski definition) is 2. The van der Waals surface area contributed by atoms with E-state index in [1.54, 1.807) is 0 Å². The summed E-state index contributed by atoms with van der Waals surface area (Å²) in [5.41, 5.74) is 20.9. The molecule has 47 heavy (non-hydrogen) atoms. The quantitative estimate of drug-likeness (QED) is 0.181. The molecular weight excluding hydrogens is 576 g/mol. The Kier molecular flexibility index (Phi) is 9.87. The van der Waals surface area contributed by atoms with Crippen LogP contribution in [0.2, 0.25) is 0 Å². The van der Waals surface area contributed by atoms with E-state index >= 15 is 0 Å². The monoisotopic (exact) mass is 630 g/mol. The summed E-state index contributed by atoms with van der Waals surface area (Å²) < 4.78 is 12.9. The van der Waals surface area contributed by atoms with Crippen molar-refractivity contribution in [1.29, 1.82) is 0 Å². The number of rotatable bonds is 9. The molecule has 0 amide bonds. The molecule has 4 aromatic rings. The lowest BCUT2D eigenvalue weighted by Gasteiger charge is -2.45. The highest BCUT2D eigenvalue weighted by atomic mass is 16.5. The third-order valence-corrected chi connectivity index (χ3v) is 11.3. The molecule has 2 fully saturated rings. The molecule has 0 atom stereocenters. The summed E-state index contributed by atoms with van der Waals surface area (Å²) in [7, 11) is 0. The van der Waals surface area contributed by atoms with Crippen molar-refractivity contribution in [3.63, 3.8) is 0 Å². The second-order valence-corrected chi connectivity index (χ2v) is 14.7. The fraction of sp³-hybridized carbons (Fsp3) is 0.442. The molecular formula is C43H54N2O2. The largest absolute Gasteiger partial charge is 0.457 e. The first-order valence-electron chi connectivity index (χ1n) is 18.0. The van der Waals surface area contributed by atoms with Crippen molar-refractivity contribution in [3.05, 3.63) is 106 Å². The third-order valence-electron chi connectivity index (χ3n) is 11.3.